The summed E-state index contributed by atoms with van der Waals surface area (Å²) in [6, 6.07) is -0.853. The molecule has 0 radical (unpaired) electrons. The number of carbonyl (C=O) groups is 2. The lowest BCUT2D eigenvalue weighted by atomic mass is 9.96. The van der Waals surface area contributed by atoms with Crippen molar-refractivity contribution in [2.45, 2.75) is 79.4 Å². The van der Waals surface area contributed by atoms with E-state index in [1.165, 1.54) is 6.08 Å². The largest absolute Gasteiger partial charge is 0.466 e. The number of halogens is 1. The second-order valence-electron chi connectivity index (χ2n) is 7.42. The SMILES string of the molecule is CCCCC(/C=C(\F)C(NC(=O)OC(C)(C)C)C(C)C)C(=O)OCC. The maximum absolute atomic E-state index is 14.8. The molecule has 0 aromatic heterocycles. The van der Waals surface area contributed by atoms with Crippen LogP contribution in [0.3, 0.4) is 0 Å². The second kappa shape index (κ2) is 11.1. The predicted molar refractivity (Wildman–Crippen MR) is 96.8 cm³/mol. The van der Waals surface area contributed by atoms with E-state index in [-0.39, 0.29) is 12.5 Å². The number of alkyl carbamates (subject to hydrolysis) is 1. The Labute approximate surface area is 151 Å². The molecule has 2 atom stereocenters. The second-order valence-corrected chi connectivity index (χ2v) is 7.42. The van der Waals surface area contributed by atoms with Gasteiger partial charge in [-0.25, -0.2) is 9.18 Å². The lowest BCUT2D eigenvalue weighted by molar-refractivity contribution is -0.146. The van der Waals surface area contributed by atoms with Crippen molar-refractivity contribution in [2.75, 3.05) is 6.61 Å². The normalized spacial score (nSPS) is 14.8. The molecular formula is C19H34FNO4. The van der Waals surface area contributed by atoms with Gasteiger partial charge in [-0.15, -0.1) is 0 Å². The van der Waals surface area contributed by atoms with Crippen molar-refractivity contribution in [1.29, 1.82) is 0 Å². The van der Waals surface area contributed by atoms with E-state index in [9.17, 15) is 14.0 Å². The molecule has 1 N–H and O–H groups in total. The zero-order valence-electron chi connectivity index (χ0n) is 16.6. The van der Waals surface area contributed by atoms with E-state index in [0.717, 1.165) is 12.8 Å². The molecule has 25 heavy (non-hydrogen) atoms. The molecule has 1 amide bonds. The first-order valence-corrected chi connectivity index (χ1v) is 9.05. The van der Waals surface area contributed by atoms with Crippen molar-refractivity contribution in [3.8, 4) is 0 Å². The van der Waals surface area contributed by atoms with Gasteiger partial charge in [-0.2, -0.15) is 0 Å². The summed E-state index contributed by atoms with van der Waals surface area (Å²) in [5, 5.41) is 2.55. The van der Waals surface area contributed by atoms with Crippen LogP contribution in [0.15, 0.2) is 11.9 Å². The van der Waals surface area contributed by atoms with Crippen LogP contribution < -0.4 is 5.32 Å². The van der Waals surface area contributed by atoms with Crippen LogP contribution in [0.25, 0.3) is 0 Å². The number of hydrogen-bond acceptors (Lipinski definition) is 4. The molecule has 146 valence electrons. The minimum Gasteiger partial charge on any atom is -0.466 e. The van der Waals surface area contributed by atoms with Crippen molar-refractivity contribution < 1.29 is 23.5 Å². The Morgan fingerprint density at radius 3 is 2.24 bits per heavy atom. The van der Waals surface area contributed by atoms with E-state index in [1.807, 2.05) is 6.92 Å². The maximum atomic E-state index is 14.8. The predicted octanol–water partition coefficient (Wildman–Crippen LogP) is 4.76. The number of ether oxygens (including phenoxy) is 2. The van der Waals surface area contributed by atoms with Crippen molar-refractivity contribution in [3.05, 3.63) is 11.9 Å². The maximum Gasteiger partial charge on any atom is 0.408 e. The van der Waals surface area contributed by atoms with Crippen LogP contribution >= 0.6 is 0 Å². The van der Waals surface area contributed by atoms with Crippen LogP contribution in [0.5, 0.6) is 0 Å². The summed E-state index contributed by atoms with van der Waals surface area (Å²) >= 11 is 0. The molecule has 0 aliphatic rings. The fraction of sp³-hybridized carbons (Fsp3) is 0.789. The van der Waals surface area contributed by atoms with Gasteiger partial charge in [0.15, 0.2) is 0 Å². The third-order valence-corrected chi connectivity index (χ3v) is 3.45. The molecular weight excluding hydrogens is 325 g/mol. The summed E-state index contributed by atoms with van der Waals surface area (Å²) in [5.41, 5.74) is -0.666. The number of amides is 1. The molecule has 0 aromatic rings. The van der Waals surface area contributed by atoms with Gasteiger partial charge in [0.2, 0.25) is 0 Å². The molecule has 2 unspecified atom stereocenters. The van der Waals surface area contributed by atoms with Gasteiger partial charge in [0.1, 0.15) is 11.4 Å². The molecule has 5 nitrogen and oxygen atoms in total. The average molecular weight is 359 g/mol. The van der Waals surface area contributed by atoms with Gasteiger partial charge in [-0.1, -0.05) is 33.6 Å². The molecule has 0 fully saturated rings. The molecule has 0 rings (SSSR count). The summed E-state index contributed by atoms with van der Waals surface area (Å²) in [4.78, 5) is 24.0. The molecule has 0 bridgehead atoms. The van der Waals surface area contributed by atoms with Gasteiger partial charge in [0, 0.05) is 0 Å². The number of nitrogens with one attached hydrogen (secondary N) is 1. The van der Waals surface area contributed by atoms with Crippen LogP contribution in [0.1, 0.15) is 67.7 Å². The number of carbonyl (C=O) groups excluding carboxylic acids is 2. The third-order valence-electron chi connectivity index (χ3n) is 3.45. The topological polar surface area (TPSA) is 64.6 Å². The van der Waals surface area contributed by atoms with Gasteiger partial charge < -0.3 is 14.8 Å². The van der Waals surface area contributed by atoms with E-state index in [1.54, 1.807) is 41.5 Å². The fourth-order valence-electron chi connectivity index (χ4n) is 2.23. The fourth-order valence-corrected chi connectivity index (χ4v) is 2.23. The van der Waals surface area contributed by atoms with Crippen LogP contribution in [0.2, 0.25) is 0 Å². The van der Waals surface area contributed by atoms with Crippen LogP contribution in [0.4, 0.5) is 9.18 Å². The minimum atomic E-state index is -0.853. The van der Waals surface area contributed by atoms with Gasteiger partial charge in [-0.05, 0) is 46.1 Å². The highest BCUT2D eigenvalue weighted by Crippen LogP contribution is 2.21. The zero-order valence-corrected chi connectivity index (χ0v) is 16.6. The smallest absolute Gasteiger partial charge is 0.408 e. The molecule has 0 saturated heterocycles. The van der Waals surface area contributed by atoms with Crippen molar-refractivity contribution in [1.82, 2.24) is 5.32 Å². The Balaban J connectivity index is 5.23. The standard InChI is InChI=1S/C19H34FNO4/c1-8-10-11-14(17(22)24-9-2)12-15(20)16(13(3)4)21-18(23)25-19(5,6)7/h12-14,16H,8-11H2,1-7H3,(H,21,23)/b15-12-. The lowest BCUT2D eigenvalue weighted by Crippen LogP contribution is -2.42. The van der Waals surface area contributed by atoms with Crippen LogP contribution in [-0.2, 0) is 14.3 Å². The highest BCUT2D eigenvalue weighted by molar-refractivity contribution is 5.74. The summed E-state index contributed by atoms with van der Waals surface area (Å²) in [7, 11) is 0. The van der Waals surface area contributed by atoms with Crippen LogP contribution in [-0.4, -0.2) is 30.3 Å². The van der Waals surface area contributed by atoms with Crippen LogP contribution in [0, 0.1) is 11.8 Å². The lowest BCUT2D eigenvalue weighted by Gasteiger charge is -2.25. The summed E-state index contributed by atoms with van der Waals surface area (Å²) < 4.78 is 25.0. The molecule has 0 aliphatic heterocycles. The first-order valence-electron chi connectivity index (χ1n) is 9.05. The number of esters is 1. The van der Waals surface area contributed by atoms with E-state index in [2.05, 4.69) is 5.32 Å². The van der Waals surface area contributed by atoms with Crippen molar-refractivity contribution in [2.24, 2.45) is 11.8 Å². The monoisotopic (exact) mass is 359 g/mol. The van der Waals surface area contributed by atoms with Crippen molar-refractivity contribution in [3.63, 3.8) is 0 Å². The molecule has 0 spiro atoms. The Morgan fingerprint density at radius 2 is 1.80 bits per heavy atom. The first kappa shape index (κ1) is 23.4. The van der Waals surface area contributed by atoms with Crippen molar-refractivity contribution >= 4 is 12.1 Å². The summed E-state index contributed by atoms with van der Waals surface area (Å²) in [5.74, 6) is -1.83. The van der Waals surface area contributed by atoms with Gasteiger partial charge >= 0.3 is 12.1 Å². The van der Waals surface area contributed by atoms with Gasteiger partial charge in [0.05, 0.1) is 18.6 Å². The summed E-state index contributed by atoms with van der Waals surface area (Å²) in [6.07, 6.45) is 2.79. The number of hydrogen-bond donors (Lipinski definition) is 1. The zero-order chi connectivity index (χ0) is 19.6. The Kier molecular flexibility index (Phi) is 10.4. The Bertz CT molecular complexity index is 455. The molecule has 0 heterocycles. The highest BCUT2D eigenvalue weighted by Gasteiger charge is 2.27. The molecule has 0 aliphatic carbocycles. The van der Waals surface area contributed by atoms with Gasteiger partial charge in [0.25, 0.3) is 0 Å². The highest BCUT2D eigenvalue weighted by atomic mass is 19.1. The van der Waals surface area contributed by atoms with E-state index in [4.69, 9.17) is 9.47 Å². The minimum absolute atomic E-state index is 0.196. The van der Waals surface area contributed by atoms with E-state index in [0.29, 0.717) is 6.42 Å². The molecule has 0 aromatic carbocycles. The van der Waals surface area contributed by atoms with E-state index >= 15 is 0 Å². The Morgan fingerprint density at radius 1 is 1.20 bits per heavy atom. The first-order chi connectivity index (χ1) is 11.5. The number of rotatable bonds is 9. The quantitative estimate of drug-likeness (QED) is 0.603. The third kappa shape index (κ3) is 10.1. The summed E-state index contributed by atoms with van der Waals surface area (Å²) in [6.45, 7) is 12.8. The Hall–Kier alpha value is -1.59. The van der Waals surface area contributed by atoms with E-state index < -0.39 is 35.5 Å². The van der Waals surface area contributed by atoms with Gasteiger partial charge in [-0.3, -0.25) is 4.79 Å². The number of unbranched alkanes of at least 4 members (excludes halogenated alkanes) is 1. The molecule has 6 heteroatoms. The molecule has 0 saturated carbocycles. The average Bonchev–Trinajstić information content (AvgIpc) is 2.46.